The summed E-state index contributed by atoms with van der Waals surface area (Å²) in [5, 5.41) is 0. The highest BCUT2D eigenvalue weighted by molar-refractivity contribution is 7.91. The minimum Gasteiger partial charge on any atom is -0.496 e. The van der Waals surface area contributed by atoms with Crippen LogP contribution in [-0.4, -0.2) is 81.6 Å². The second-order valence-corrected chi connectivity index (χ2v) is 8.67. The van der Waals surface area contributed by atoms with E-state index in [0.717, 1.165) is 11.3 Å². The zero-order valence-corrected chi connectivity index (χ0v) is 15.4. The molecule has 2 atom stereocenters. The van der Waals surface area contributed by atoms with Crippen LogP contribution < -0.4 is 4.74 Å². The average molecular weight is 368 g/mol. The number of benzene rings is 1. The van der Waals surface area contributed by atoms with Crippen LogP contribution in [0.4, 0.5) is 0 Å². The molecular weight excluding hydrogens is 344 g/mol. The number of sulfone groups is 1. The number of para-hydroxylation sites is 1. The molecule has 2 saturated heterocycles. The number of nitrogens with zero attached hydrogens (tertiary/aromatic N) is 2. The van der Waals surface area contributed by atoms with Crippen molar-refractivity contribution in [2.75, 3.05) is 45.4 Å². The molecule has 0 unspecified atom stereocenters. The third-order valence-electron chi connectivity index (χ3n) is 4.95. The molecule has 0 aromatic heterocycles. The Morgan fingerprint density at radius 1 is 1.16 bits per heavy atom. The van der Waals surface area contributed by atoms with E-state index in [1.165, 1.54) is 7.11 Å². The summed E-state index contributed by atoms with van der Waals surface area (Å²) < 4.78 is 34.8. The molecule has 2 fully saturated rings. The summed E-state index contributed by atoms with van der Waals surface area (Å²) in [6.45, 7) is 1.72. The zero-order chi connectivity index (χ0) is 18.0. The number of carbonyl (C=O) groups is 1. The maximum atomic E-state index is 12.3. The van der Waals surface area contributed by atoms with Gasteiger partial charge in [-0.15, -0.1) is 0 Å². The lowest BCUT2D eigenvalue weighted by atomic mass is 10.0. The lowest BCUT2D eigenvalue weighted by molar-refractivity contribution is -0.141. The van der Waals surface area contributed by atoms with E-state index in [-0.39, 0.29) is 36.1 Å². The van der Waals surface area contributed by atoms with Gasteiger partial charge in [-0.3, -0.25) is 9.69 Å². The second kappa shape index (κ2) is 7.31. The molecule has 2 heterocycles. The summed E-state index contributed by atoms with van der Waals surface area (Å²) >= 11 is 0. The molecule has 2 aliphatic heterocycles. The Balaban J connectivity index is 1.82. The summed E-state index contributed by atoms with van der Waals surface area (Å²) in [6, 6.07) is 7.24. The van der Waals surface area contributed by atoms with Crippen molar-refractivity contribution >= 4 is 15.7 Å². The molecule has 2 aliphatic rings. The number of ether oxygens (including phenoxy) is 2. The number of piperazine rings is 1. The summed E-state index contributed by atoms with van der Waals surface area (Å²) in [4.78, 5) is 16.1. The average Bonchev–Trinajstić information content (AvgIpc) is 2.91. The topological polar surface area (TPSA) is 76.2 Å². The van der Waals surface area contributed by atoms with Gasteiger partial charge in [0, 0.05) is 38.3 Å². The zero-order valence-electron chi connectivity index (χ0n) is 14.6. The number of hydrogen-bond donors (Lipinski definition) is 0. The summed E-state index contributed by atoms with van der Waals surface area (Å²) in [6.07, 6.45) is 0. The molecule has 3 rings (SSSR count). The smallest absolute Gasteiger partial charge is 0.248 e. The Bertz CT molecular complexity index is 736. The first-order valence-electron chi connectivity index (χ1n) is 8.30. The Morgan fingerprint density at radius 3 is 2.60 bits per heavy atom. The summed E-state index contributed by atoms with van der Waals surface area (Å²) in [5.41, 5.74) is 1.02. The third-order valence-corrected chi connectivity index (χ3v) is 6.64. The van der Waals surface area contributed by atoms with E-state index in [9.17, 15) is 13.2 Å². The van der Waals surface area contributed by atoms with Gasteiger partial charge in [0.1, 0.15) is 12.4 Å². The quantitative estimate of drug-likeness (QED) is 0.737. The fraction of sp³-hybridized carbons (Fsp3) is 0.588. The van der Waals surface area contributed by atoms with Crippen LogP contribution in [0.15, 0.2) is 24.3 Å². The lowest BCUT2D eigenvalue weighted by Crippen LogP contribution is -2.60. The molecule has 1 aromatic rings. The normalized spacial score (nSPS) is 25.6. The Morgan fingerprint density at radius 2 is 1.88 bits per heavy atom. The van der Waals surface area contributed by atoms with E-state index in [4.69, 9.17) is 9.47 Å². The number of amides is 1. The molecule has 0 radical (unpaired) electrons. The highest BCUT2D eigenvalue weighted by Gasteiger charge is 2.47. The standard InChI is InChI=1S/C17H24N2O5S/c1-23-10-17(20)19-8-7-18(14-11-25(21,22)12-15(14)19)9-13-5-3-4-6-16(13)24-2/h3-6,14-15H,7-12H2,1-2H3/t14-,15+/m0/s1. The van der Waals surface area contributed by atoms with Gasteiger partial charge in [0.25, 0.3) is 0 Å². The Hall–Kier alpha value is -1.64. The third kappa shape index (κ3) is 3.80. The van der Waals surface area contributed by atoms with E-state index in [1.807, 2.05) is 24.3 Å². The van der Waals surface area contributed by atoms with Crippen molar-refractivity contribution in [2.45, 2.75) is 18.6 Å². The van der Waals surface area contributed by atoms with E-state index >= 15 is 0 Å². The fourth-order valence-corrected chi connectivity index (χ4v) is 5.80. The first kappa shape index (κ1) is 18.2. The number of methoxy groups -OCH3 is 2. The van der Waals surface area contributed by atoms with Crippen molar-refractivity contribution in [3.63, 3.8) is 0 Å². The number of hydrogen-bond acceptors (Lipinski definition) is 6. The van der Waals surface area contributed by atoms with Gasteiger partial charge in [-0.2, -0.15) is 0 Å². The van der Waals surface area contributed by atoms with E-state index in [1.54, 1.807) is 12.0 Å². The van der Waals surface area contributed by atoms with Crippen molar-refractivity contribution < 1.29 is 22.7 Å². The van der Waals surface area contributed by atoms with Crippen molar-refractivity contribution in [1.82, 2.24) is 9.80 Å². The van der Waals surface area contributed by atoms with E-state index < -0.39 is 9.84 Å². The van der Waals surface area contributed by atoms with Gasteiger partial charge in [-0.05, 0) is 6.07 Å². The number of fused-ring (bicyclic) bond motifs is 1. The largest absolute Gasteiger partial charge is 0.496 e. The van der Waals surface area contributed by atoms with Crippen molar-refractivity contribution in [3.05, 3.63) is 29.8 Å². The second-order valence-electron chi connectivity index (χ2n) is 6.51. The molecule has 0 bridgehead atoms. The maximum absolute atomic E-state index is 12.3. The molecule has 1 aromatic carbocycles. The Kier molecular flexibility index (Phi) is 5.31. The molecule has 0 aliphatic carbocycles. The summed E-state index contributed by atoms with van der Waals surface area (Å²) in [7, 11) is -0.0598. The van der Waals surface area contributed by atoms with Gasteiger partial charge in [0.2, 0.25) is 5.91 Å². The van der Waals surface area contributed by atoms with Crippen molar-refractivity contribution in [1.29, 1.82) is 0 Å². The van der Waals surface area contributed by atoms with Gasteiger partial charge in [0.05, 0.1) is 24.7 Å². The first-order chi connectivity index (χ1) is 11.9. The monoisotopic (exact) mass is 368 g/mol. The van der Waals surface area contributed by atoms with Crippen LogP contribution in [0.25, 0.3) is 0 Å². The predicted octanol–water partition coefficient (Wildman–Crippen LogP) is 0.151. The highest BCUT2D eigenvalue weighted by atomic mass is 32.2. The van der Waals surface area contributed by atoms with Crippen LogP contribution in [0.5, 0.6) is 5.75 Å². The molecular formula is C17H24N2O5S. The van der Waals surface area contributed by atoms with Crippen molar-refractivity contribution in [3.8, 4) is 5.75 Å². The fourth-order valence-electron chi connectivity index (χ4n) is 3.79. The summed E-state index contributed by atoms with van der Waals surface area (Å²) in [5.74, 6) is 0.753. The van der Waals surface area contributed by atoms with Gasteiger partial charge in [-0.25, -0.2) is 8.42 Å². The van der Waals surface area contributed by atoms with E-state index in [2.05, 4.69) is 4.90 Å². The van der Waals surface area contributed by atoms with Gasteiger partial charge in [-0.1, -0.05) is 18.2 Å². The molecule has 0 spiro atoms. The number of carbonyl (C=O) groups excluding carboxylic acids is 1. The van der Waals surface area contributed by atoms with Crippen LogP contribution in [0, 0.1) is 0 Å². The molecule has 7 nitrogen and oxygen atoms in total. The van der Waals surface area contributed by atoms with Crippen LogP contribution in [0.2, 0.25) is 0 Å². The van der Waals surface area contributed by atoms with Crippen molar-refractivity contribution in [2.24, 2.45) is 0 Å². The molecule has 1 amide bonds. The van der Waals surface area contributed by atoms with Gasteiger partial charge in [0.15, 0.2) is 9.84 Å². The van der Waals surface area contributed by atoms with Crippen LogP contribution in [-0.2, 0) is 25.9 Å². The molecule has 0 saturated carbocycles. The molecule has 8 heteroatoms. The first-order valence-corrected chi connectivity index (χ1v) is 10.1. The Labute approximate surface area is 148 Å². The highest BCUT2D eigenvalue weighted by Crippen LogP contribution is 2.30. The SMILES string of the molecule is COCC(=O)N1CCN(Cc2ccccc2OC)[C@H]2CS(=O)(=O)C[C@H]21. The molecule has 0 N–H and O–H groups in total. The number of rotatable bonds is 5. The minimum atomic E-state index is -3.16. The van der Waals surface area contributed by atoms with Gasteiger partial charge < -0.3 is 14.4 Å². The molecule has 138 valence electrons. The lowest BCUT2D eigenvalue weighted by Gasteiger charge is -2.44. The minimum absolute atomic E-state index is 0.0181. The maximum Gasteiger partial charge on any atom is 0.248 e. The van der Waals surface area contributed by atoms with Crippen LogP contribution in [0.1, 0.15) is 5.56 Å². The van der Waals surface area contributed by atoms with Crippen LogP contribution >= 0.6 is 0 Å². The van der Waals surface area contributed by atoms with Gasteiger partial charge >= 0.3 is 0 Å². The van der Waals surface area contributed by atoms with Crippen LogP contribution in [0.3, 0.4) is 0 Å². The predicted molar refractivity (Wildman–Crippen MR) is 93.2 cm³/mol. The molecule has 25 heavy (non-hydrogen) atoms. The van der Waals surface area contributed by atoms with E-state index in [0.29, 0.717) is 19.6 Å².